The van der Waals surface area contributed by atoms with Crippen LogP contribution in [0, 0.1) is 11.8 Å². The van der Waals surface area contributed by atoms with E-state index in [1.165, 1.54) is 6.92 Å². The number of oxime groups is 1. The molecule has 0 aromatic heterocycles. The number of hydrogen-bond donors (Lipinski definition) is 0. The molecular weight excluding hydrogens is 527 g/mol. The number of allylic oxidation sites excluding steroid dienone is 1. The lowest BCUT2D eigenvalue weighted by Crippen LogP contribution is -2.56. The summed E-state index contributed by atoms with van der Waals surface area (Å²) in [6.45, 7) is 32.2. The smallest absolute Gasteiger partial charge is 0.302 e. The van der Waals surface area contributed by atoms with Crippen molar-refractivity contribution >= 4 is 28.3 Å². The highest BCUT2D eigenvalue weighted by atomic mass is 28.4. The summed E-state index contributed by atoms with van der Waals surface area (Å²) < 4.78 is 26.4. The maximum absolute atomic E-state index is 12.2. The van der Waals surface area contributed by atoms with E-state index in [-0.39, 0.29) is 47.8 Å². The van der Waals surface area contributed by atoms with Gasteiger partial charge >= 0.3 is 5.97 Å². The van der Waals surface area contributed by atoms with Gasteiger partial charge in [-0.05, 0) is 63.6 Å². The third kappa shape index (κ3) is 8.61. The second-order valence-electron chi connectivity index (χ2n) is 13.9. The minimum absolute atomic E-state index is 0.0261. The SMILES string of the molecule is C=C(C1CC(CC)=NO1)[C@@H](O[Si](C)(C)C)[C@H](COC(C)=O)[C@H](O[Si](C)(C)C(C)(C)C)[C@@]1(C)O[C@@H]1[C@@H](C)/C=C\C. The van der Waals surface area contributed by atoms with Crippen LogP contribution in [0.1, 0.15) is 68.2 Å². The van der Waals surface area contributed by atoms with Crippen LogP contribution in [-0.2, 0) is 28.0 Å². The van der Waals surface area contributed by atoms with Gasteiger partial charge in [0.05, 0.1) is 36.5 Å². The Kier molecular flexibility index (Phi) is 11.1. The summed E-state index contributed by atoms with van der Waals surface area (Å²) in [5.74, 6) is -0.472. The fourth-order valence-corrected chi connectivity index (χ4v) is 7.49. The summed E-state index contributed by atoms with van der Waals surface area (Å²) in [6.07, 6.45) is 4.58. The summed E-state index contributed by atoms with van der Waals surface area (Å²) in [5, 5.41) is 4.26. The number of ether oxygens (including phenoxy) is 2. The zero-order chi connectivity index (χ0) is 30.0. The van der Waals surface area contributed by atoms with Crippen molar-refractivity contribution in [1.29, 1.82) is 0 Å². The summed E-state index contributed by atoms with van der Waals surface area (Å²) in [7, 11) is -4.39. The number of epoxide rings is 1. The highest BCUT2D eigenvalue weighted by Crippen LogP contribution is 2.51. The monoisotopic (exact) mass is 581 g/mol. The molecule has 7 nitrogen and oxygen atoms in total. The highest BCUT2D eigenvalue weighted by molar-refractivity contribution is 6.74. The van der Waals surface area contributed by atoms with Crippen LogP contribution in [0.3, 0.4) is 0 Å². The molecule has 0 amide bonds. The van der Waals surface area contributed by atoms with Crippen LogP contribution in [0.4, 0.5) is 0 Å². The van der Waals surface area contributed by atoms with E-state index in [0.717, 1.165) is 17.7 Å². The number of nitrogens with zero attached hydrogens (tertiary/aromatic N) is 1. The molecule has 39 heavy (non-hydrogen) atoms. The molecule has 1 unspecified atom stereocenters. The summed E-state index contributed by atoms with van der Waals surface area (Å²) >= 11 is 0. The van der Waals surface area contributed by atoms with Gasteiger partial charge in [0.15, 0.2) is 22.7 Å². The van der Waals surface area contributed by atoms with Crippen molar-refractivity contribution < 1.29 is 28.0 Å². The molecule has 2 rings (SSSR count). The molecule has 7 atom stereocenters. The van der Waals surface area contributed by atoms with Gasteiger partial charge in [0.2, 0.25) is 0 Å². The first-order valence-electron chi connectivity index (χ1n) is 14.5. The van der Waals surface area contributed by atoms with E-state index in [4.69, 9.17) is 23.2 Å². The van der Waals surface area contributed by atoms with Crippen molar-refractivity contribution in [2.24, 2.45) is 17.0 Å². The molecule has 0 bridgehead atoms. The van der Waals surface area contributed by atoms with Gasteiger partial charge < -0.3 is 23.2 Å². The average Bonchev–Trinajstić information content (AvgIpc) is 3.26. The highest BCUT2D eigenvalue weighted by Gasteiger charge is 2.64. The van der Waals surface area contributed by atoms with Gasteiger partial charge in [0.25, 0.3) is 0 Å². The third-order valence-corrected chi connectivity index (χ3v) is 13.7. The maximum atomic E-state index is 12.2. The molecule has 2 aliphatic heterocycles. The first kappa shape index (κ1) is 33.9. The lowest BCUT2D eigenvalue weighted by molar-refractivity contribution is -0.145. The Balaban J connectivity index is 2.64. The predicted molar refractivity (Wildman–Crippen MR) is 164 cm³/mol. The van der Waals surface area contributed by atoms with Crippen LogP contribution in [0.15, 0.2) is 29.5 Å². The van der Waals surface area contributed by atoms with E-state index in [9.17, 15) is 4.79 Å². The second kappa shape index (κ2) is 12.7. The number of hydrogen-bond acceptors (Lipinski definition) is 7. The van der Waals surface area contributed by atoms with Crippen molar-refractivity contribution in [3.8, 4) is 0 Å². The molecule has 1 saturated heterocycles. The Morgan fingerprint density at radius 3 is 2.31 bits per heavy atom. The molecule has 2 aliphatic rings. The van der Waals surface area contributed by atoms with Gasteiger partial charge in [-0.25, -0.2) is 0 Å². The lowest BCUT2D eigenvalue weighted by Gasteiger charge is -2.46. The van der Waals surface area contributed by atoms with Crippen molar-refractivity contribution in [2.75, 3.05) is 6.61 Å². The molecule has 0 aromatic carbocycles. The van der Waals surface area contributed by atoms with E-state index < -0.39 is 28.3 Å². The molecule has 0 N–H and O–H groups in total. The quantitative estimate of drug-likeness (QED) is 0.0930. The Morgan fingerprint density at radius 1 is 1.23 bits per heavy atom. The Bertz CT molecular complexity index is 935. The molecule has 2 heterocycles. The van der Waals surface area contributed by atoms with E-state index in [1.54, 1.807) is 0 Å². The van der Waals surface area contributed by atoms with Gasteiger partial charge in [-0.1, -0.05) is 58.5 Å². The normalized spacial score (nSPS) is 26.9. The summed E-state index contributed by atoms with van der Waals surface area (Å²) in [6, 6.07) is 0. The van der Waals surface area contributed by atoms with Crippen LogP contribution in [0.5, 0.6) is 0 Å². The third-order valence-electron chi connectivity index (χ3n) is 8.31. The maximum Gasteiger partial charge on any atom is 0.302 e. The van der Waals surface area contributed by atoms with Gasteiger partial charge in [-0.3, -0.25) is 4.79 Å². The first-order chi connectivity index (χ1) is 17.8. The summed E-state index contributed by atoms with van der Waals surface area (Å²) in [4.78, 5) is 18.0. The van der Waals surface area contributed by atoms with Crippen molar-refractivity contribution in [1.82, 2.24) is 0 Å². The van der Waals surface area contributed by atoms with Crippen LogP contribution in [0.25, 0.3) is 0 Å². The molecule has 0 saturated carbocycles. The van der Waals surface area contributed by atoms with E-state index in [0.29, 0.717) is 6.42 Å². The molecule has 224 valence electrons. The predicted octanol–water partition coefficient (Wildman–Crippen LogP) is 7.26. The van der Waals surface area contributed by atoms with Gasteiger partial charge in [-0.15, -0.1) is 0 Å². The number of carbonyl (C=O) groups excluding carboxylic acids is 1. The molecule has 0 radical (unpaired) electrons. The molecular formula is C30H55NO6Si2. The first-order valence-corrected chi connectivity index (χ1v) is 20.8. The zero-order valence-corrected chi connectivity index (χ0v) is 28.8. The average molecular weight is 582 g/mol. The fourth-order valence-electron chi connectivity index (χ4n) is 5.01. The van der Waals surface area contributed by atoms with Crippen LogP contribution in [0.2, 0.25) is 37.8 Å². The molecule has 0 spiro atoms. The Labute approximate surface area is 240 Å². The number of rotatable bonds is 14. The van der Waals surface area contributed by atoms with E-state index in [2.05, 4.69) is 98.2 Å². The van der Waals surface area contributed by atoms with E-state index in [1.807, 2.05) is 6.92 Å². The molecule has 0 aliphatic carbocycles. The van der Waals surface area contributed by atoms with Crippen molar-refractivity contribution in [3.63, 3.8) is 0 Å². The van der Waals surface area contributed by atoms with Gasteiger partial charge in [0, 0.05) is 19.3 Å². The Hall–Kier alpha value is -1.27. The topological polar surface area (TPSA) is 78.9 Å². The van der Waals surface area contributed by atoms with Crippen LogP contribution < -0.4 is 0 Å². The standard InChI is InChI=1S/C30H55NO6Si2/c1-15-17-20(3)27-30(9,34-27)28(37-39(13,14)29(6,7)8)24(19-33-22(5)32)26(36-38(10,11)12)21(4)25-18-23(16-2)31-35-25/h15,17,20,24-28H,4,16,18-19H2,1-3,5-14H3/b17-15-/t20-,24-,25?,26+,27+,28-,30-/m0/s1. The second-order valence-corrected chi connectivity index (χ2v) is 23.1. The minimum Gasteiger partial charge on any atom is -0.465 e. The van der Waals surface area contributed by atoms with Gasteiger partial charge in [-0.2, -0.15) is 0 Å². The lowest BCUT2D eigenvalue weighted by atomic mass is 9.80. The fraction of sp³-hybridized carbons (Fsp3) is 0.800. The van der Waals surface area contributed by atoms with Crippen molar-refractivity contribution in [2.45, 2.75) is 136 Å². The van der Waals surface area contributed by atoms with Crippen LogP contribution in [-0.4, -0.2) is 64.9 Å². The molecule has 9 heteroatoms. The van der Waals surface area contributed by atoms with Crippen molar-refractivity contribution in [3.05, 3.63) is 24.3 Å². The molecule has 0 aromatic rings. The number of carbonyl (C=O) groups is 1. The number of esters is 1. The Morgan fingerprint density at radius 2 is 1.85 bits per heavy atom. The summed E-state index contributed by atoms with van der Waals surface area (Å²) in [5.41, 5.74) is 1.24. The van der Waals surface area contributed by atoms with Crippen LogP contribution >= 0.6 is 0 Å². The van der Waals surface area contributed by atoms with Gasteiger partial charge in [0.1, 0.15) is 5.60 Å². The zero-order valence-electron chi connectivity index (χ0n) is 26.8. The largest absolute Gasteiger partial charge is 0.465 e. The minimum atomic E-state index is -2.29. The van der Waals surface area contributed by atoms with E-state index >= 15 is 0 Å². The molecule has 1 fully saturated rings.